The number of thioether (sulfide) groups is 1. The molecule has 7 heteroatoms. The Bertz CT molecular complexity index is 1020. The summed E-state index contributed by atoms with van der Waals surface area (Å²) in [4.78, 5) is 29.3. The van der Waals surface area contributed by atoms with Crippen LogP contribution >= 0.6 is 11.8 Å². The number of ether oxygens (including phenoxy) is 1. The average molecular weight is 424 g/mol. The fourth-order valence-corrected chi connectivity index (χ4v) is 3.75. The van der Waals surface area contributed by atoms with Crippen molar-refractivity contribution in [2.45, 2.75) is 24.9 Å². The second-order valence-electron chi connectivity index (χ2n) is 6.68. The second kappa shape index (κ2) is 10.6. The third kappa shape index (κ3) is 5.51. The first kappa shape index (κ1) is 21.6. The quantitative estimate of drug-likeness (QED) is 0.297. The largest absolute Gasteiger partial charge is 0.497 e. The normalized spacial score (nSPS) is 10.6. The van der Waals surface area contributed by atoms with Crippen molar-refractivity contribution >= 4 is 23.5 Å². The van der Waals surface area contributed by atoms with Crippen molar-refractivity contribution in [2.24, 2.45) is 0 Å². The molecule has 0 saturated heterocycles. The van der Waals surface area contributed by atoms with E-state index in [9.17, 15) is 9.59 Å². The van der Waals surface area contributed by atoms with E-state index in [1.807, 2.05) is 35.0 Å². The summed E-state index contributed by atoms with van der Waals surface area (Å²) >= 11 is 1.36. The second-order valence-corrected chi connectivity index (χ2v) is 7.63. The predicted octanol–water partition coefficient (Wildman–Crippen LogP) is 4.39. The van der Waals surface area contributed by atoms with E-state index in [4.69, 9.17) is 4.74 Å². The minimum atomic E-state index is -0.0900. The number of carbonyl (C=O) groups is 2. The van der Waals surface area contributed by atoms with Crippen molar-refractivity contribution < 1.29 is 14.3 Å². The van der Waals surface area contributed by atoms with Gasteiger partial charge in [0.05, 0.1) is 12.9 Å². The lowest BCUT2D eigenvalue weighted by atomic mass is 10.1. The van der Waals surface area contributed by atoms with Crippen LogP contribution in [0.1, 0.15) is 40.5 Å². The van der Waals surface area contributed by atoms with Gasteiger partial charge in [-0.2, -0.15) is 0 Å². The number of ketones is 1. The summed E-state index contributed by atoms with van der Waals surface area (Å²) in [6, 6.07) is 14.5. The van der Waals surface area contributed by atoms with E-state index < -0.39 is 0 Å². The van der Waals surface area contributed by atoms with Crippen LogP contribution in [0.5, 0.6) is 5.75 Å². The maximum atomic E-state index is 12.6. The summed E-state index contributed by atoms with van der Waals surface area (Å²) in [5, 5.41) is 3.62. The van der Waals surface area contributed by atoms with Gasteiger partial charge >= 0.3 is 0 Å². The molecule has 6 nitrogen and oxygen atoms in total. The number of carbonyl (C=O) groups excluding carboxylic acids is 2. The fourth-order valence-electron chi connectivity index (χ4n) is 2.88. The van der Waals surface area contributed by atoms with Gasteiger partial charge < -0.3 is 10.1 Å². The Morgan fingerprint density at radius 1 is 1.13 bits per heavy atom. The standard InChI is InChI=1S/C23H25N3O3S/c1-3-4-11-24-22(28)18-8-5-9-19(14-18)26-13-12-25-23(26)30-16-21(27)17-7-6-10-20(15-17)29-2/h5-10,12-15H,3-4,11,16H2,1-2H3,(H,24,28). The van der Waals surface area contributed by atoms with Gasteiger partial charge in [-0.3, -0.25) is 14.2 Å². The number of imidazole rings is 1. The summed E-state index contributed by atoms with van der Waals surface area (Å²) in [6.07, 6.45) is 5.50. The molecule has 3 rings (SSSR count). The van der Waals surface area contributed by atoms with Crippen molar-refractivity contribution in [1.29, 1.82) is 0 Å². The molecule has 3 aromatic rings. The number of unbranched alkanes of at least 4 members (excludes halogenated alkanes) is 1. The van der Waals surface area contributed by atoms with Gasteiger partial charge in [0.1, 0.15) is 5.75 Å². The highest BCUT2D eigenvalue weighted by Gasteiger charge is 2.13. The molecule has 1 heterocycles. The van der Waals surface area contributed by atoms with Crippen LogP contribution in [0.4, 0.5) is 0 Å². The van der Waals surface area contributed by atoms with E-state index >= 15 is 0 Å². The minimum Gasteiger partial charge on any atom is -0.497 e. The van der Waals surface area contributed by atoms with Crippen LogP contribution in [0.2, 0.25) is 0 Å². The molecular weight excluding hydrogens is 398 g/mol. The van der Waals surface area contributed by atoms with Crippen molar-refractivity contribution in [3.05, 3.63) is 72.1 Å². The van der Waals surface area contributed by atoms with Gasteiger partial charge in [0.2, 0.25) is 0 Å². The number of hydrogen-bond donors (Lipinski definition) is 1. The Morgan fingerprint density at radius 3 is 2.73 bits per heavy atom. The molecule has 0 aliphatic heterocycles. The monoisotopic (exact) mass is 423 g/mol. The summed E-state index contributed by atoms with van der Waals surface area (Å²) < 4.78 is 7.07. The summed E-state index contributed by atoms with van der Waals surface area (Å²) in [5.41, 5.74) is 2.03. The molecule has 1 aromatic heterocycles. The number of amides is 1. The lowest BCUT2D eigenvalue weighted by Gasteiger charge is -2.10. The topological polar surface area (TPSA) is 73.2 Å². The van der Waals surface area contributed by atoms with Crippen LogP contribution in [0.3, 0.4) is 0 Å². The van der Waals surface area contributed by atoms with Crippen LogP contribution in [-0.4, -0.2) is 40.6 Å². The average Bonchev–Trinajstić information content (AvgIpc) is 3.26. The molecular formula is C23H25N3O3S. The van der Waals surface area contributed by atoms with Crippen molar-refractivity contribution in [3.63, 3.8) is 0 Å². The summed E-state index contributed by atoms with van der Waals surface area (Å²) in [6.45, 7) is 2.75. The Hall–Kier alpha value is -3.06. The van der Waals surface area contributed by atoms with E-state index in [0.29, 0.717) is 28.6 Å². The number of nitrogens with one attached hydrogen (secondary N) is 1. The minimum absolute atomic E-state index is 0.00231. The maximum absolute atomic E-state index is 12.6. The molecule has 0 atom stereocenters. The Labute approximate surface area is 180 Å². The summed E-state index contributed by atoms with van der Waals surface area (Å²) in [7, 11) is 1.58. The highest BCUT2D eigenvalue weighted by atomic mass is 32.2. The van der Waals surface area contributed by atoms with E-state index in [1.54, 1.807) is 37.6 Å². The van der Waals surface area contributed by atoms with E-state index in [0.717, 1.165) is 18.5 Å². The molecule has 0 saturated carbocycles. The molecule has 1 amide bonds. The van der Waals surface area contributed by atoms with E-state index in [2.05, 4.69) is 17.2 Å². The van der Waals surface area contributed by atoms with Crippen LogP contribution in [0, 0.1) is 0 Å². The Kier molecular flexibility index (Phi) is 7.68. The number of Topliss-reactive ketones (excluding diaryl/α,β-unsaturated/α-hetero) is 1. The molecule has 0 aliphatic rings. The number of methoxy groups -OCH3 is 1. The van der Waals surface area contributed by atoms with E-state index in [-0.39, 0.29) is 17.4 Å². The highest BCUT2D eigenvalue weighted by molar-refractivity contribution is 7.99. The number of nitrogens with zero attached hydrogens (tertiary/aromatic N) is 2. The number of benzene rings is 2. The number of hydrogen-bond acceptors (Lipinski definition) is 5. The lowest BCUT2D eigenvalue weighted by Crippen LogP contribution is -2.24. The van der Waals surface area contributed by atoms with Gasteiger partial charge in [0, 0.05) is 35.8 Å². The zero-order valence-electron chi connectivity index (χ0n) is 17.1. The van der Waals surface area contributed by atoms with Crippen LogP contribution in [-0.2, 0) is 0 Å². The maximum Gasteiger partial charge on any atom is 0.251 e. The Balaban J connectivity index is 1.70. The lowest BCUT2D eigenvalue weighted by molar-refractivity contribution is 0.0952. The Morgan fingerprint density at radius 2 is 1.93 bits per heavy atom. The van der Waals surface area contributed by atoms with Gasteiger partial charge in [-0.25, -0.2) is 4.98 Å². The molecule has 0 fully saturated rings. The predicted molar refractivity (Wildman–Crippen MR) is 119 cm³/mol. The first-order valence-corrected chi connectivity index (χ1v) is 10.8. The first-order valence-electron chi connectivity index (χ1n) is 9.84. The first-order chi connectivity index (χ1) is 14.6. The van der Waals surface area contributed by atoms with Crippen molar-refractivity contribution in [2.75, 3.05) is 19.4 Å². The molecule has 0 aliphatic carbocycles. The van der Waals surface area contributed by atoms with Gasteiger partial charge in [0.25, 0.3) is 5.91 Å². The van der Waals surface area contributed by atoms with Crippen LogP contribution < -0.4 is 10.1 Å². The molecule has 0 spiro atoms. The number of rotatable bonds is 10. The van der Waals surface area contributed by atoms with E-state index in [1.165, 1.54) is 11.8 Å². The van der Waals surface area contributed by atoms with Gasteiger partial charge in [0.15, 0.2) is 10.9 Å². The SMILES string of the molecule is CCCCNC(=O)c1cccc(-n2ccnc2SCC(=O)c2cccc(OC)c2)c1. The van der Waals surface area contributed by atoms with Crippen LogP contribution in [0.25, 0.3) is 5.69 Å². The van der Waals surface area contributed by atoms with Crippen LogP contribution in [0.15, 0.2) is 66.1 Å². The molecule has 156 valence electrons. The zero-order valence-corrected chi connectivity index (χ0v) is 17.9. The zero-order chi connectivity index (χ0) is 21.3. The molecule has 0 unspecified atom stereocenters. The third-order valence-corrected chi connectivity index (χ3v) is 5.50. The molecule has 2 aromatic carbocycles. The smallest absolute Gasteiger partial charge is 0.251 e. The number of aromatic nitrogens is 2. The molecule has 0 bridgehead atoms. The summed E-state index contributed by atoms with van der Waals surface area (Å²) in [5.74, 6) is 0.813. The molecule has 0 radical (unpaired) electrons. The van der Waals surface area contributed by atoms with Crippen molar-refractivity contribution in [1.82, 2.24) is 14.9 Å². The highest BCUT2D eigenvalue weighted by Crippen LogP contribution is 2.23. The molecule has 30 heavy (non-hydrogen) atoms. The van der Waals surface area contributed by atoms with Gasteiger partial charge in [-0.1, -0.05) is 43.3 Å². The van der Waals surface area contributed by atoms with Crippen molar-refractivity contribution in [3.8, 4) is 11.4 Å². The fraction of sp³-hybridized carbons (Fsp3) is 0.261. The molecule has 1 N–H and O–H groups in total. The third-order valence-electron chi connectivity index (χ3n) is 4.53. The van der Waals surface area contributed by atoms with Gasteiger partial charge in [-0.05, 0) is 36.8 Å². The van der Waals surface area contributed by atoms with Gasteiger partial charge in [-0.15, -0.1) is 0 Å².